The Morgan fingerprint density at radius 1 is 1.09 bits per heavy atom. The molecule has 1 aromatic heterocycles. The van der Waals surface area contributed by atoms with Gasteiger partial charge in [-0.3, -0.25) is 0 Å². The van der Waals surface area contributed by atoms with Gasteiger partial charge in [-0.1, -0.05) is 32.9 Å². The summed E-state index contributed by atoms with van der Waals surface area (Å²) in [5.41, 5.74) is 4.52. The Morgan fingerprint density at radius 2 is 1.78 bits per heavy atom. The van der Waals surface area contributed by atoms with Crippen molar-refractivity contribution in [2.75, 3.05) is 0 Å². The van der Waals surface area contributed by atoms with Crippen molar-refractivity contribution in [1.82, 2.24) is 10.3 Å². The number of nitrogens with one attached hydrogen (secondary N) is 1. The molecule has 2 rings (SSSR count). The standard InChI is InChI=1S/C19H28N2OS/c1-18(2,3)13-19(4,5)21-10-15-6-8-17(9-7-15)22-11-16-12-23-14-20-16/h6-9,12,14,21H,10-11,13H2,1-5H3. The molecule has 126 valence electrons. The minimum Gasteiger partial charge on any atom is -0.487 e. The van der Waals surface area contributed by atoms with Crippen LogP contribution in [0.1, 0.15) is 52.3 Å². The Morgan fingerprint density at radius 3 is 2.35 bits per heavy atom. The number of aromatic nitrogens is 1. The van der Waals surface area contributed by atoms with Gasteiger partial charge in [-0.05, 0) is 43.4 Å². The Bertz CT molecular complexity index is 583. The topological polar surface area (TPSA) is 34.1 Å². The van der Waals surface area contributed by atoms with E-state index in [1.807, 2.05) is 23.0 Å². The first-order chi connectivity index (χ1) is 10.7. The van der Waals surface area contributed by atoms with E-state index in [4.69, 9.17) is 4.74 Å². The van der Waals surface area contributed by atoms with Crippen molar-refractivity contribution < 1.29 is 4.74 Å². The third-order valence-corrected chi connectivity index (χ3v) is 4.17. The van der Waals surface area contributed by atoms with E-state index >= 15 is 0 Å². The molecule has 4 heteroatoms. The lowest BCUT2D eigenvalue weighted by Gasteiger charge is -2.33. The molecule has 0 atom stereocenters. The lowest BCUT2D eigenvalue weighted by molar-refractivity contribution is 0.240. The molecule has 0 fully saturated rings. The monoisotopic (exact) mass is 332 g/mol. The van der Waals surface area contributed by atoms with Crippen LogP contribution in [0.4, 0.5) is 0 Å². The van der Waals surface area contributed by atoms with Gasteiger partial charge in [0.2, 0.25) is 0 Å². The van der Waals surface area contributed by atoms with Gasteiger partial charge in [0.1, 0.15) is 12.4 Å². The average molecular weight is 333 g/mol. The number of rotatable bonds is 7. The van der Waals surface area contributed by atoms with E-state index in [1.165, 1.54) is 5.56 Å². The second-order valence-electron chi connectivity index (χ2n) is 7.89. The van der Waals surface area contributed by atoms with Crippen LogP contribution in [-0.2, 0) is 13.2 Å². The highest BCUT2D eigenvalue weighted by Crippen LogP contribution is 2.27. The van der Waals surface area contributed by atoms with Crippen molar-refractivity contribution in [1.29, 1.82) is 0 Å². The maximum atomic E-state index is 5.74. The normalized spacial score (nSPS) is 12.4. The van der Waals surface area contributed by atoms with Crippen molar-refractivity contribution >= 4 is 11.3 Å². The number of thiazole rings is 1. The summed E-state index contributed by atoms with van der Waals surface area (Å²) in [6.07, 6.45) is 1.13. The van der Waals surface area contributed by atoms with Gasteiger partial charge >= 0.3 is 0 Å². The van der Waals surface area contributed by atoms with E-state index in [0.29, 0.717) is 12.0 Å². The first-order valence-electron chi connectivity index (χ1n) is 8.07. The molecule has 0 amide bonds. The molecular weight excluding hydrogens is 304 g/mol. The highest BCUT2D eigenvalue weighted by atomic mass is 32.1. The van der Waals surface area contributed by atoms with Gasteiger partial charge in [-0.2, -0.15) is 0 Å². The Kier molecular flexibility index (Phi) is 5.82. The van der Waals surface area contributed by atoms with E-state index in [1.54, 1.807) is 11.3 Å². The van der Waals surface area contributed by atoms with Crippen molar-refractivity contribution in [3.63, 3.8) is 0 Å². The summed E-state index contributed by atoms with van der Waals surface area (Å²) in [6.45, 7) is 12.8. The molecule has 0 aliphatic heterocycles. The molecule has 0 unspecified atom stereocenters. The first-order valence-corrected chi connectivity index (χ1v) is 9.02. The predicted molar refractivity (Wildman–Crippen MR) is 97.9 cm³/mol. The van der Waals surface area contributed by atoms with Crippen molar-refractivity contribution in [2.45, 2.75) is 59.7 Å². The van der Waals surface area contributed by atoms with Gasteiger partial charge < -0.3 is 10.1 Å². The quantitative estimate of drug-likeness (QED) is 0.772. The van der Waals surface area contributed by atoms with Gasteiger partial charge in [-0.25, -0.2) is 4.98 Å². The molecule has 2 aromatic rings. The van der Waals surface area contributed by atoms with E-state index in [2.05, 4.69) is 57.1 Å². The molecule has 0 spiro atoms. The van der Waals surface area contributed by atoms with Gasteiger partial charge in [0.25, 0.3) is 0 Å². The van der Waals surface area contributed by atoms with Crippen LogP contribution in [0.5, 0.6) is 5.75 Å². The molecule has 0 aliphatic rings. The number of nitrogens with zero attached hydrogens (tertiary/aromatic N) is 1. The minimum absolute atomic E-state index is 0.123. The average Bonchev–Trinajstić information content (AvgIpc) is 2.95. The van der Waals surface area contributed by atoms with Crippen LogP contribution in [0.15, 0.2) is 35.2 Å². The number of ether oxygens (including phenoxy) is 1. The second kappa shape index (κ2) is 7.45. The molecule has 0 radical (unpaired) electrons. The molecule has 23 heavy (non-hydrogen) atoms. The Hall–Kier alpha value is -1.39. The van der Waals surface area contributed by atoms with Gasteiger partial charge in [0.15, 0.2) is 0 Å². The zero-order chi connectivity index (χ0) is 16.9. The summed E-state index contributed by atoms with van der Waals surface area (Å²) >= 11 is 1.59. The van der Waals surface area contributed by atoms with Crippen LogP contribution < -0.4 is 10.1 Å². The summed E-state index contributed by atoms with van der Waals surface area (Å²) in [5, 5.41) is 5.67. The smallest absolute Gasteiger partial charge is 0.131 e. The van der Waals surface area contributed by atoms with E-state index < -0.39 is 0 Å². The number of hydrogen-bond acceptors (Lipinski definition) is 4. The number of benzene rings is 1. The van der Waals surface area contributed by atoms with E-state index in [9.17, 15) is 0 Å². The third-order valence-electron chi connectivity index (χ3n) is 3.54. The maximum absolute atomic E-state index is 5.74. The summed E-state index contributed by atoms with van der Waals surface area (Å²) in [7, 11) is 0. The SMILES string of the molecule is CC(C)(C)CC(C)(C)NCc1ccc(OCc2cscn2)cc1. The van der Waals surface area contributed by atoms with Crippen molar-refractivity contribution in [3.8, 4) is 5.75 Å². The lowest BCUT2D eigenvalue weighted by Crippen LogP contribution is -2.41. The van der Waals surface area contributed by atoms with Gasteiger partial charge in [0, 0.05) is 17.5 Å². The molecule has 0 saturated carbocycles. The molecule has 1 aromatic carbocycles. The van der Waals surface area contributed by atoms with Gasteiger partial charge in [-0.15, -0.1) is 11.3 Å². The molecular formula is C19H28N2OS. The Balaban J connectivity index is 1.82. The molecule has 1 N–H and O–H groups in total. The fraction of sp³-hybridized carbons (Fsp3) is 0.526. The molecule has 0 bridgehead atoms. The van der Waals surface area contributed by atoms with E-state index in [-0.39, 0.29) is 5.54 Å². The third kappa shape index (κ3) is 6.71. The van der Waals surface area contributed by atoms with Crippen LogP contribution >= 0.6 is 11.3 Å². The van der Waals surface area contributed by atoms with Crippen LogP contribution in [0.25, 0.3) is 0 Å². The van der Waals surface area contributed by atoms with Crippen LogP contribution in [-0.4, -0.2) is 10.5 Å². The van der Waals surface area contributed by atoms with Crippen molar-refractivity contribution in [3.05, 3.63) is 46.4 Å². The molecule has 1 heterocycles. The van der Waals surface area contributed by atoms with Crippen LogP contribution in [0.2, 0.25) is 0 Å². The highest BCUT2D eigenvalue weighted by molar-refractivity contribution is 7.07. The molecule has 0 saturated heterocycles. The maximum Gasteiger partial charge on any atom is 0.131 e. The van der Waals surface area contributed by atoms with E-state index in [0.717, 1.165) is 24.4 Å². The summed E-state index contributed by atoms with van der Waals surface area (Å²) < 4.78 is 5.74. The molecule has 0 aliphatic carbocycles. The zero-order valence-electron chi connectivity index (χ0n) is 14.8. The largest absolute Gasteiger partial charge is 0.487 e. The van der Waals surface area contributed by atoms with Crippen LogP contribution in [0, 0.1) is 5.41 Å². The highest BCUT2D eigenvalue weighted by Gasteiger charge is 2.24. The summed E-state index contributed by atoms with van der Waals surface area (Å²) in [5.74, 6) is 0.885. The summed E-state index contributed by atoms with van der Waals surface area (Å²) in [6, 6.07) is 8.30. The van der Waals surface area contributed by atoms with Crippen molar-refractivity contribution in [2.24, 2.45) is 5.41 Å². The lowest BCUT2D eigenvalue weighted by atomic mass is 9.82. The predicted octanol–water partition coefficient (Wildman–Crippen LogP) is 5.03. The van der Waals surface area contributed by atoms with Crippen LogP contribution in [0.3, 0.4) is 0 Å². The molecule has 3 nitrogen and oxygen atoms in total. The summed E-state index contributed by atoms with van der Waals surface area (Å²) in [4.78, 5) is 4.22. The minimum atomic E-state index is 0.123. The fourth-order valence-electron chi connectivity index (χ4n) is 2.90. The second-order valence-corrected chi connectivity index (χ2v) is 8.61. The number of hydrogen-bond donors (Lipinski definition) is 1. The fourth-order valence-corrected chi connectivity index (χ4v) is 3.44. The first kappa shape index (κ1) is 18.0. The zero-order valence-corrected chi connectivity index (χ0v) is 15.7. The Labute approximate surface area is 144 Å². The van der Waals surface area contributed by atoms with Gasteiger partial charge in [0.05, 0.1) is 11.2 Å².